The zero-order valence-corrected chi connectivity index (χ0v) is 15.6. The molecule has 0 aliphatic rings. The Morgan fingerprint density at radius 3 is 2.38 bits per heavy atom. The number of nitrogens with zero attached hydrogens (tertiary/aromatic N) is 1. The lowest BCUT2D eigenvalue weighted by Gasteiger charge is -2.15. The Bertz CT molecular complexity index is 881. The minimum absolute atomic E-state index is 0.0529. The highest BCUT2D eigenvalue weighted by Crippen LogP contribution is 2.28. The number of amides is 1. The van der Waals surface area contributed by atoms with Crippen molar-refractivity contribution in [2.45, 2.75) is 17.7 Å². The first kappa shape index (κ1) is 19.9. The number of carbonyl (C=O) groups excluding carboxylic acids is 1. The van der Waals surface area contributed by atoms with E-state index in [-0.39, 0.29) is 28.7 Å². The monoisotopic (exact) mass is 380 g/mol. The van der Waals surface area contributed by atoms with Crippen molar-refractivity contribution in [3.05, 3.63) is 53.8 Å². The number of ether oxygens (including phenoxy) is 1. The molecule has 26 heavy (non-hydrogen) atoms. The van der Waals surface area contributed by atoms with E-state index in [4.69, 9.17) is 4.74 Å². The van der Waals surface area contributed by atoms with E-state index in [9.17, 15) is 17.6 Å². The first-order valence-corrected chi connectivity index (χ1v) is 9.33. The number of halogens is 1. The third-order valence-corrected chi connectivity index (χ3v) is 5.59. The third kappa shape index (κ3) is 4.80. The van der Waals surface area contributed by atoms with Gasteiger partial charge < -0.3 is 10.1 Å². The first-order chi connectivity index (χ1) is 12.2. The molecule has 2 aromatic rings. The number of sulfonamides is 1. The number of methoxy groups -OCH3 is 1. The molecule has 0 aromatic heterocycles. The lowest BCUT2D eigenvalue weighted by molar-refractivity contribution is -0.116. The van der Waals surface area contributed by atoms with Crippen LogP contribution in [0.4, 0.5) is 10.1 Å². The van der Waals surface area contributed by atoms with Gasteiger partial charge in [-0.3, -0.25) is 4.79 Å². The van der Waals surface area contributed by atoms with Crippen molar-refractivity contribution in [2.75, 3.05) is 26.5 Å². The second-order valence-corrected chi connectivity index (χ2v) is 7.98. The van der Waals surface area contributed by atoms with Crippen LogP contribution in [0.15, 0.2) is 47.4 Å². The number of carbonyl (C=O) groups is 1. The molecule has 6 nitrogen and oxygen atoms in total. The number of rotatable bonds is 7. The van der Waals surface area contributed by atoms with Crippen LogP contribution in [-0.4, -0.2) is 39.8 Å². The van der Waals surface area contributed by atoms with Gasteiger partial charge in [0.2, 0.25) is 15.9 Å². The van der Waals surface area contributed by atoms with Gasteiger partial charge in [-0.05, 0) is 42.3 Å². The van der Waals surface area contributed by atoms with E-state index in [2.05, 4.69) is 5.32 Å². The maximum absolute atomic E-state index is 12.9. The highest BCUT2D eigenvalue weighted by atomic mass is 32.2. The van der Waals surface area contributed by atoms with Crippen LogP contribution < -0.4 is 10.1 Å². The van der Waals surface area contributed by atoms with Gasteiger partial charge in [0.1, 0.15) is 11.6 Å². The van der Waals surface area contributed by atoms with E-state index in [0.29, 0.717) is 12.2 Å². The number of aryl methyl sites for hydroxylation is 1. The van der Waals surface area contributed by atoms with E-state index in [0.717, 1.165) is 9.87 Å². The van der Waals surface area contributed by atoms with Crippen molar-refractivity contribution < 1.29 is 22.3 Å². The van der Waals surface area contributed by atoms with Crippen molar-refractivity contribution in [1.29, 1.82) is 0 Å². The molecule has 0 radical (unpaired) electrons. The average Bonchev–Trinajstić information content (AvgIpc) is 2.61. The van der Waals surface area contributed by atoms with Gasteiger partial charge in [0.05, 0.1) is 17.7 Å². The van der Waals surface area contributed by atoms with Gasteiger partial charge in [-0.2, -0.15) is 0 Å². The van der Waals surface area contributed by atoms with Gasteiger partial charge in [-0.1, -0.05) is 12.1 Å². The summed E-state index contributed by atoms with van der Waals surface area (Å²) in [5, 5.41) is 2.67. The van der Waals surface area contributed by atoms with Crippen molar-refractivity contribution >= 4 is 21.6 Å². The van der Waals surface area contributed by atoms with E-state index in [1.165, 1.54) is 51.5 Å². The Morgan fingerprint density at radius 2 is 1.81 bits per heavy atom. The number of nitrogens with one attached hydrogen (secondary N) is 1. The average molecular weight is 380 g/mol. The van der Waals surface area contributed by atoms with Gasteiger partial charge in [0, 0.05) is 20.5 Å². The van der Waals surface area contributed by atoms with Crippen LogP contribution in [0, 0.1) is 5.82 Å². The molecular formula is C18H21FN2O4S. The Balaban J connectivity index is 2.13. The largest absolute Gasteiger partial charge is 0.495 e. The van der Waals surface area contributed by atoms with Crippen LogP contribution in [0.1, 0.15) is 12.0 Å². The molecule has 0 saturated carbocycles. The fraction of sp³-hybridized carbons (Fsp3) is 0.278. The minimum Gasteiger partial charge on any atom is -0.495 e. The van der Waals surface area contributed by atoms with Crippen LogP contribution in [-0.2, 0) is 21.2 Å². The van der Waals surface area contributed by atoms with Crippen molar-refractivity contribution in [2.24, 2.45) is 0 Å². The fourth-order valence-electron chi connectivity index (χ4n) is 2.28. The topological polar surface area (TPSA) is 75.7 Å². The predicted octanol–water partition coefficient (Wildman–Crippen LogP) is 2.66. The van der Waals surface area contributed by atoms with Crippen LogP contribution in [0.2, 0.25) is 0 Å². The third-order valence-electron chi connectivity index (χ3n) is 3.78. The zero-order valence-electron chi connectivity index (χ0n) is 14.8. The molecule has 0 fully saturated rings. The van der Waals surface area contributed by atoms with Gasteiger partial charge >= 0.3 is 0 Å². The number of anilines is 1. The molecule has 0 heterocycles. The highest BCUT2D eigenvalue weighted by molar-refractivity contribution is 7.89. The molecule has 2 aromatic carbocycles. The van der Waals surface area contributed by atoms with Crippen molar-refractivity contribution in [3.63, 3.8) is 0 Å². The molecule has 0 saturated heterocycles. The molecule has 0 unspecified atom stereocenters. The van der Waals surface area contributed by atoms with Crippen LogP contribution in [0.3, 0.4) is 0 Å². The summed E-state index contributed by atoms with van der Waals surface area (Å²) in [4.78, 5) is 12.3. The van der Waals surface area contributed by atoms with Crippen molar-refractivity contribution in [1.82, 2.24) is 4.31 Å². The molecule has 0 aliphatic carbocycles. The summed E-state index contributed by atoms with van der Waals surface area (Å²) in [6.45, 7) is 0. The SMILES string of the molecule is COc1ccc(S(=O)(=O)N(C)C)cc1NC(=O)CCc1ccc(F)cc1. The summed E-state index contributed by atoms with van der Waals surface area (Å²) < 4.78 is 43.7. The molecule has 0 atom stereocenters. The van der Waals surface area contributed by atoms with E-state index < -0.39 is 10.0 Å². The lowest BCUT2D eigenvalue weighted by atomic mass is 10.1. The van der Waals surface area contributed by atoms with Gasteiger partial charge in [-0.25, -0.2) is 17.1 Å². The summed E-state index contributed by atoms with van der Waals surface area (Å²) in [6, 6.07) is 10.2. The van der Waals surface area contributed by atoms with Gasteiger partial charge in [-0.15, -0.1) is 0 Å². The van der Waals surface area contributed by atoms with Gasteiger partial charge in [0.25, 0.3) is 0 Å². The van der Waals surface area contributed by atoms with Crippen LogP contribution in [0.25, 0.3) is 0 Å². The number of hydrogen-bond acceptors (Lipinski definition) is 4. The summed E-state index contributed by atoms with van der Waals surface area (Å²) in [5.41, 5.74) is 1.11. The fourth-order valence-corrected chi connectivity index (χ4v) is 3.21. The first-order valence-electron chi connectivity index (χ1n) is 7.89. The zero-order chi connectivity index (χ0) is 19.3. The number of benzene rings is 2. The minimum atomic E-state index is -3.63. The van der Waals surface area contributed by atoms with E-state index >= 15 is 0 Å². The lowest BCUT2D eigenvalue weighted by Crippen LogP contribution is -2.22. The predicted molar refractivity (Wildman–Crippen MR) is 97.2 cm³/mol. The Morgan fingerprint density at radius 1 is 1.15 bits per heavy atom. The normalized spacial score (nSPS) is 11.4. The molecule has 1 amide bonds. The highest BCUT2D eigenvalue weighted by Gasteiger charge is 2.19. The smallest absolute Gasteiger partial charge is 0.242 e. The standard InChI is InChI=1S/C18H21FN2O4S/c1-21(2)26(23,24)15-9-10-17(25-3)16(12-15)20-18(22)11-6-13-4-7-14(19)8-5-13/h4-5,7-10,12H,6,11H2,1-3H3,(H,20,22). The quantitative estimate of drug-likeness (QED) is 0.801. The molecular weight excluding hydrogens is 359 g/mol. The second kappa shape index (κ2) is 8.29. The molecule has 8 heteroatoms. The Kier molecular flexibility index (Phi) is 6.33. The van der Waals surface area contributed by atoms with E-state index in [1.54, 1.807) is 12.1 Å². The van der Waals surface area contributed by atoms with Gasteiger partial charge in [0.15, 0.2) is 0 Å². The number of hydrogen-bond donors (Lipinski definition) is 1. The Labute approximate surface area is 152 Å². The molecule has 1 N–H and O–H groups in total. The molecule has 140 valence electrons. The molecule has 0 spiro atoms. The molecule has 0 aliphatic heterocycles. The van der Waals surface area contributed by atoms with Crippen LogP contribution in [0.5, 0.6) is 5.75 Å². The van der Waals surface area contributed by atoms with Crippen molar-refractivity contribution in [3.8, 4) is 5.75 Å². The maximum atomic E-state index is 12.9. The van der Waals surface area contributed by atoms with Crippen LogP contribution >= 0.6 is 0 Å². The second-order valence-electron chi connectivity index (χ2n) is 5.82. The summed E-state index contributed by atoms with van der Waals surface area (Å²) in [5.74, 6) is -0.272. The summed E-state index contributed by atoms with van der Waals surface area (Å²) in [6.07, 6.45) is 0.601. The maximum Gasteiger partial charge on any atom is 0.242 e. The summed E-state index contributed by atoms with van der Waals surface area (Å²) in [7, 11) is 0.668. The molecule has 2 rings (SSSR count). The molecule has 0 bridgehead atoms. The summed E-state index contributed by atoms with van der Waals surface area (Å²) >= 11 is 0. The Hall–Kier alpha value is -2.45. The van der Waals surface area contributed by atoms with E-state index in [1.807, 2.05) is 0 Å².